The Balaban J connectivity index is 2.13. The molecule has 2 amide bonds. The quantitative estimate of drug-likeness (QED) is 0.587. The third kappa shape index (κ3) is 1.77. The van der Waals surface area contributed by atoms with Gasteiger partial charge < -0.3 is 10.6 Å². The molecule has 8 heteroatoms. The number of carbonyl (C=O) groups excluding carboxylic acids is 2. The first kappa shape index (κ1) is 12.4. The molecule has 8 nitrogen and oxygen atoms in total. The molecule has 0 spiro atoms. The third-order valence-electron chi connectivity index (χ3n) is 3.38. The van der Waals surface area contributed by atoms with Crippen LogP contribution in [0.15, 0.2) is 16.8 Å². The molecule has 0 bridgehead atoms. The first-order valence-corrected chi connectivity index (χ1v) is 6.23. The number of amides is 2. The molecule has 1 unspecified atom stereocenters. The van der Waals surface area contributed by atoms with Gasteiger partial charge in [-0.3, -0.25) is 14.9 Å². The molecule has 2 heterocycles. The second-order valence-corrected chi connectivity index (χ2v) is 4.60. The number of nitrogens with two attached hydrogens (primary N) is 1. The van der Waals surface area contributed by atoms with Crippen LogP contribution >= 0.6 is 0 Å². The predicted octanol–water partition coefficient (Wildman–Crippen LogP) is 0.0464. The van der Waals surface area contributed by atoms with Crippen LogP contribution in [0.2, 0.25) is 0 Å². The average Bonchev–Trinajstić information content (AvgIpc) is 2.88. The van der Waals surface area contributed by atoms with Crippen molar-refractivity contribution in [1.29, 1.82) is 0 Å². The monoisotopic (exact) mass is 275 g/mol. The number of fused-ring (bicyclic) bond motifs is 1. The highest BCUT2D eigenvalue weighted by Gasteiger charge is 2.34. The van der Waals surface area contributed by atoms with E-state index in [-0.39, 0.29) is 18.4 Å². The molecular weight excluding hydrogens is 262 g/mol. The Hall–Kier alpha value is -2.64. The standard InChI is InChI=1S/C12H13N5O3/c1-2-7-12(19)14-9(18)5-17(7)8-4-3-6(13)10-11(8)16-20-15-10/h3-4,7H,2,5,13H2,1H3,(H,14,18,19). The Labute approximate surface area is 113 Å². The van der Waals surface area contributed by atoms with E-state index in [0.717, 1.165) is 0 Å². The van der Waals surface area contributed by atoms with E-state index in [1.165, 1.54) is 0 Å². The first-order chi connectivity index (χ1) is 9.61. The lowest BCUT2D eigenvalue weighted by Gasteiger charge is -2.35. The topological polar surface area (TPSA) is 114 Å². The van der Waals surface area contributed by atoms with Gasteiger partial charge in [0.25, 0.3) is 0 Å². The number of hydrogen-bond donors (Lipinski definition) is 2. The minimum atomic E-state index is -0.434. The molecule has 1 aliphatic heterocycles. The highest BCUT2D eigenvalue weighted by atomic mass is 16.6. The molecule has 1 saturated heterocycles. The Morgan fingerprint density at radius 1 is 1.40 bits per heavy atom. The number of anilines is 2. The maximum absolute atomic E-state index is 11.9. The number of nitrogens with one attached hydrogen (secondary N) is 1. The van der Waals surface area contributed by atoms with E-state index in [0.29, 0.717) is 28.8 Å². The van der Waals surface area contributed by atoms with Gasteiger partial charge in [0.05, 0.1) is 17.9 Å². The van der Waals surface area contributed by atoms with Crippen LogP contribution < -0.4 is 16.0 Å². The molecule has 1 aliphatic rings. The van der Waals surface area contributed by atoms with Gasteiger partial charge in [0.2, 0.25) is 11.8 Å². The third-order valence-corrected chi connectivity index (χ3v) is 3.38. The van der Waals surface area contributed by atoms with Gasteiger partial charge in [0.15, 0.2) is 11.0 Å². The van der Waals surface area contributed by atoms with Gasteiger partial charge in [-0.25, -0.2) is 4.63 Å². The van der Waals surface area contributed by atoms with Crippen molar-refractivity contribution in [3.63, 3.8) is 0 Å². The van der Waals surface area contributed by atoms with Crippen molar-refractivity contribution in [2.45, 2.75) is 19.4 Å². The highest BCUT2D eigenvalue weighted by Crippen LogP contribution is 2.30. The Morgan fingerprint density at radius 3 is 2.90 bits per heavy atom. The average molecular weight is 275 g/mol. The minimum absolute atomic E-state index is 0.0795. The molecule has 0 aliphatic carbocycles. The largest absolute Gasteiger partial charge is 0.397 e. The summed E-state index contributed by atoms with van der Waals surface area (Å²) in [7, 11) is 0. The molecule has 1 atom stereocenters. The van der Waals surface area contributed by atoms with Crippen molar-refractivity contribution >= 4 is 34.2 Å². The van der Waals surface area contributed by atoms with E-state index < -0.39 is 6.04 Å². The van der Waals surface area contributed by atoms with Crippen molar-refractivity contribution < 1.29 is 14.2 Å². The second kappa shape index (κ2) is 4.48. The summed E-state index contributed by atoms with van der Waals surface area (Å²) < 4.78 is 4.71. The molecular formula is C12H13N5O3. The minimum Gasteiger partial charge on any atom is -0.397 e. The van der Waals surface area contributed by atoms with E-state index in [2.05, 4.69) is 15.6 Å². The van der Waals surface area contributed by atoms with E-state index in [9.17, 15) is 9.59 Å². The summed E-state index contributed by atoms with van der Waals surface area (Å²) in [5.41, 5.74) is 7.72. The normalized spacial score (nSPS) is 19.4. The van der Waals surface area contributed by atoms with Gasteiger partial charge in [-0.15, -0.1) is 0 Å². The van der Waals surface area contributed by atoms with Crippen LogP contribution in [0.1, 0.15) is 13.3 Å². The fraction of sp³-hybridized carbons (Fsp3) is 0.333. The number of carbonyl (C=O) groups is 2. The Morgan fingerprint density at radius 2 is 2.15 bits per heavy atom. The van der Waals surface area contributed by atoms with Crippen LogP contribution in [-0.4, -0.2) is 34.7 Å². The van der Waals surface area contributed by atoms with Crippen LogP contribution in [0.5, 0.6) is 0 Å². The lowest BCUT2D eigenvalue weighted by molar-refractivity contribution is -0.132. The second-order valence-electron chi connectivity index (χ2n) is 4.60. The van der Waals surface area contributed by atoms with Crippen LogP contribution in [0.25, 0.3) is 11.0 Å². The number of nitrogen functional groups attached to an aromatic ring is 1. The smallest absolute Gasteiger partial charge is 0.249 e. The molecule has 1 aromatic carbocycles. The van der Waals surface area contributed by atoms with E-state index in [4.69, 9.17) is 10.4 Å². The fourth-order valence-electron chi connectivity index (χ4n) is 2.43. The zero-order valence-electron chi connectivity index (χ0n) is 10.8. The van der Waals surface area contributed by atoms with Crippen molar-refractivity contribution in [3.8, 4) is 0 Å². The number of rotatable bonds is 2. The van der Waals surface area contributed by atoms with Crippen LogP contribution in [0, 0.1) is 0 Å². The lowest BCUT2D eigenvalue weighted by Crippen LogP contribution is -2.58. The number of imide groups is 1. The Bertz CT molecular complexity index is 695. The molecule has 104 valence electrons. The van der Waals surface area contributed by atoms with Gasteiger partial charge in [-0.1, -0.05) is 6.92 Å². The molecule has 1 aromatic heterocycles. The summed E-state index contributed by atoms with van der Waals surface area (Å²) in [6, 6.07) is 2.94. The summed E-state index contributed by atoms with van der Waals surface area (Å²) in [6.45, 7) is 1.96. The van der Waals surface area contributed by atoms with Crippen LogP contribution in [0.3, 0.4) is 0 Å². The molecule has 20 heavy (non-hydrogen) atoms. The van der Waals surface area contributed by atoms with E-state index >= 15 is 0 Å². The summed E-state index contributed by atoms with van der Waals surface area (Å²) in [5.74, 6) is -0.661. The van der Waals surface area contributed by atoms with Crippen molar-refractivity contribution in [3.05, 3.63) is 12.1 Å². The van der Waals surface area contributed by atoms with Gasteiger partial charge in [0, 0.05) is 0 Å². The predicted molar refractivity (Wildman–Crippen MR) is 70.8 cm³/mol. The van der Waals surface area contributed by atoms with Crippen molar-refractivity contribution in [2.75, 3.05) is 17.2 Å². The summed E-state index contributed by atoms with van der Waals surface area (Å²) in [5, 5.41) is 9.89. The number of hydrogen-bond acceptors (Lipinski definition) is 7. The van der Waals surface area contributed by atoms with E-state index in [1.807, 2.05) is 6.92 Å². The Kier molecular flexibility index (Phi) is 2.78. The van der Waals surface area contributed by atoms with Gasteiger partial charge >= 0.3 is 0 Å². The molecule has 0 radical (unpaired) electrons. The van der Waals surface area contributed by atoms with Gasteiger partial charge in [-0.2, -0.15) is 0 Å². The summed E-state index contributed by atoms with van der Waals surface area (Å²) in [6.07, 6.45) is 0.566. The number of benzene rings is 1. The number of aromatic nitrogens is 2. The lowest BCUT2D eigenvalue weighted by atomic mass is 10.1. The number of nitrogens with zero attached hydrogens (tertiary/aromatic N) is 3. The highest BCUT2D eigenvalue weighted by molar-refractivity contribution is 6.07. The zero-order chi connectivity index (χ0) is 14.3. The molecule has 1 fully saturated rings. The summed E-state index contributed by atoms with van der Waals surface area (Å²) >= 11 is 0. The first-order valence-electron chi connectivity index (χ1n) is 6.23. The van der Waals surface area contributed by atoms with Crippen molar-refractivity contribution in [2.24, 2.45) is 0 Å². The van der Waals surface area contributed by atoms with Gasteiger partial charge in [-0.05, 0) is 28.9 Å². The maximum atomic E-state index is 11.9. The van der Waals surface area contributed by atoms with E-state index in [1.54, 1.807) is 17.0 Å². The fourth-order valence-corrected chi connectivity index (χ4v) is 2.43. The molecule has 2 aromatic rings. The zero-order valence-corrected chi connectivity index (χ0v) is 10.8. The molecule has 3 N–H and O–H groups in total. The maximum Gasteiger partial charge on any atom is 0.249 e. The summed E-state index contributed by atoms with van der Waals surface area (Å²) in [4.78, 5) is 25.2. The van der Waals surface area contributed by atoms with Crippen molar-refractivity contribution in [1.82, 2.24) is 15.6 Å². The molecule has 0 saturated carbocycles. The molecule has 3 rings (SSSR count). The SMILES string of the molecule is CCC1C(=O)NC(=O)CN1c1ccc(N)c2nonc12. The van der Waals surface area contributed by atoms with Gasteiger partial charge in [0.1, 0.15) is 6.04 Å². The van der Waals surface area contributed by atoms with Crippen LogP contribution in [0.4, 0.5) is 11.4 Å². The number of piperazine rings is 1. The van der Waals surface area contributed by atoms with Crippen LogP contribution in [-0.2, 0) is 9.59 Å².